The van der Waals surface area contributed by atoms with Crippen molar-refractivity contribution in [3.63, 3.8) is 0 Å². The Labute approximate surface area is 131 Å². The topological polar surface area (TPSA) is 46.9 Å². The maximum absolute atomic E-state index is 12.3. The zero-order valence-corrected chi connectivity index (χ0v) is 13.1. The van der Waals surface area contributed by atoms with Gasteiger partial charge in [0.1, 0.15) is 10.8 Å². The van der Waals surface area contributed by atoms with Gasteiger partial charge in [-0.25, -0.2) is 4.98 Å². The Hall–Kier alpha value is -1.23. The highest BCUT2D eigenvalue weighted by Crippen LogP contribution is 2.27. The zero-order valence-electron chi connectivity index (χ0n) is 10.9. The average Bonchev–Trinajstić information content (AvgIpc) is 2.75. The first-order valence-electron chi connectivity index (χ1n) is 5.92. The highest BCUT2D eigenvalue weighted by atomic mass is 35.5. The molecule has 2 heterocycles. The number of aromatic nitrogens is 2. The second kappa shape index (κ2) is 6.04. The molecule has 0 aliphatic heterocycles. The molecule has 1 amide bonds. The molecule has 1 N–H and O–H groups in total. The summed E-state index contributed by atoms with van der Waals surface area (Å²) in [7, 11) is 0. The van der Waals surface area contributed by atoms with Gasteiger partial charge in [-0.15, -0.1) is 0 Å². The van der Waals surface area contributed by atoms with E-state index in [9.17, 15) is 4.79 Å². The molecule has 0 saturated carbocycles. The summed E-state index contributed by atoms with van der Waals surface area (Å²) < 4.78 is 1.75. The molecule has 0 fully saturated rings. The highest BCUT2D eigenvalue weighted by Gasteiger charge is 2.16. The van der Waals surface area contributed by atoms with E-state index in [1.54, 1.807) is 29.8 Å². The van der Waals surface area contributed by atoms with Crippen molar-refractivity contribution in [1.29, 1.82) is 0 Å². The smallest absolute Gasteiger partial charge is 0.272 e. The van der Waals surface area contributed by atoms with Crippen molar-refractivity contribution in [2.75, 3.05) is 5.32 Å². The van der Waals surface area contributed by atoms with Gasteiger partial charge in [-0.3, -0.25) is 4.79 Å². The number of nitrogens with zero attached hydrogens (tertiary/aromatic N) is 2. The van der Waals surface area contributed by atoms with Crippen LogP contribution in [-0.4, -0.2) is 15.5 Å². The predicted octanol–water partition coefficient (Wildman–Crippen LogP) is 4.42. The van der Waals surface area contributed by atoms with Gasteiger partial charge in [0.25, 0.3) is 5.91 Å². The van der Waals surface area contributed by atoms with E-state index in [-0.39, 0.29) is 16.2 Å². The van der Waals surface area contributed by atoms with Gasteiger partial charge in [0.2, 0.25) is 0 Å². The van der Waals surface area contributed by atoms with Gasteiger partial charge >= 0.3 is 0 Å². The fraction of sp³-hybridized carbons (Fsp3) is 0.231. The van der Waals surface area contributed by atoms with E-state index in [1.165, 1.54) is 0 Å². The standard InChI is InChI=1S/C13H12Cl3N3O/c1-3-19-6-8(14)5-9(19)13(20)18-11-7(2)4-10(15)17-12(11)16/h4-6H,3H2,1-2H3,(H,18,20). The molecule has 0 aromatic carbocycles. The molecule has 0 aliphatic rings. The van der Waals surface area contributed by atoms with Crippen LogP contribution in [0.3, 0.4) is 0 Å². The monoisotopic (exact) mass is 331 g/mol. The van der Waals surface area contributed by atoms with E-state index >= 15 is 0 Å². The summed E-state index contributed by atoms with van der Waals surface area (Å²) in [6.45, 7) is 4.36. The third-order valence-electron chi connectivity index (χ3n) is 2.82. The number of pyridine rings is 1. The van der Waals surface area contributed by atoms with E-state index in [2.05, 4.69) is 10.3 Å². The van der Waals surface area contributed by atoms with Crippen molar-refractivity contribution in [2.45, 2.75) is 20.4 Å². The van der Waals surface area contributed by atoms with Crippen LogP contribution in [0, 0.1) is 6.92 Å². The van der Waals surface area contributed by atoms with Crippen LogP contribution in [-0.2, 0) is 6.54 Å². The number of anilines is 1. The largest absolute Gasteiger partial charge is 0.342 e. The van der Waals surface area contributed by atoms with Crippen LogP contribution in [0.1, 0.15) is 23.0 Å². The van der Waals surface area contributed by atoms with Crippen molar-refractivity contribution >= 4 is 46.4 Å². The number of carbonyl (C=O) groups excluding carboxylic acids is 1. The second-order valence-corrected chi connectivity index (χ2v) is 5.39. The summed E-state index contributed by atoms with van der Waals surface area (Å²) in [6, 6.07) is 3.24. The molecule has 20 heavy (non-hydrogen) atoms. The molecule has 0 saturated heterocycles. The maximum atomic E-state index is 12.3. The van der Waals surface area contributed by atoms with Crippen LogP contribution >= 0.6 is 34.8 Å². The number of hydrogen-bond donors (Lipinski definition) is 1. The van der Waals surface area contributed by atoms with Crippen molar-refractivity contribution in [1.82, 2.24) is 9.55 Å². The lowest BCUT2D eigenvalue weighted by Crippen LogP contribution is -2.17. The van der Waals surface area contributed by atoms with Crippen molar-refractivity contribution < 1.29 is 4.79 Å². The molecule has 2 aromatic heterocycles. The van der Waals surface area contributed by atoms with Gasteiger partial charge in [0, 0.05) is 12.7 Å². The van der Waals surface area contributed by atoms with Crippen LogP contribution in [0.5, 0.6) is 0 Å². The molecule has 0 unspecified atom stereocenters. The van der Waals surface area contributed by atoms with Crippen LogP contribution in [0.4, 0.5) is 5.69 Å². The number of carbonyl (C=O) groups is 1. The lowest BCUT2D eigenvalue weighted by atomic mass is 10.2. The molecule has 7 heteroatoms. The third kappa shape index (κ3) is 3.08. The summed E-state index contributed by atoms with van der Waals surface area (Å²) >= 11 is 17.7. The molecule has 0 atom stereocenters. The number of halogens is 3. The first-order chi connectivity index (χ1) is 9.42. The van der Waals surface area contributed by atoms with Crippen molar-refractivity contribution in [3.05, 3.63) is 44.9 Å². The minimum absolute atomic E-state index is 0.157. The molecular formula is C13H12Cl3N3O. The Morgan fingerprint density at radius 3 is 2.65 bits per heavy atom. The van der Waals surface area contributed by atoms with Crippen LogP contribution in [0.25, 0.3) is 0 Å². The van der Waals surface area contributed by atoms with E-state index < -0.39 is 0 Å². The summed E-state index contributed by atoms with van der Waals surface area (Å²) in [4.78, 5) is 16.2. The summed E-state index contributed by atoms with van der Waals surface area (Å²) in [5.41, 5.74) is 1.65. The molecule has 2 rings (SSSR count). The van der Waals surface area contributed by atoms with Gasteiger partial charge in [-0.1, -0.05) is 34.8 Å². The van der Waals surface area contributed by atoms with Gasteiger partial charge in [0.05, 0.1) is 10.7 Å². The number of amides is 1. The minimum atomic E-state index is -0.298. The molecule has 4 nitrogen and oxygen atoms in total. The Morgan fingerprint density at radius 2 is 2.05 bits per heavy atom. The number of nitrogens with one attached hydrogen (secondary N) is 1. The molecule has 0 spiro atoms. The summed E-state index contributed by atoms with van der Waals surface area (Å²) in [5, 5.41) is 3.69. The maximum Gasteiger partial charge on any atom is 0.272 e. The first kappa shape index (κ1) is 15.2. The molecule has 106 valence electrons. The molecular weight excluding hydrogens is 321 g/mol. The fourth-order valence-electron chi connectivity index (χ4n) is 1.85. The SMILES string of the molecule is CCn1cc(Cl)cc1C(=O)Nc1c(C)cc(Cl)nc1Cl. The quantitative estimate of drug-likeness (QED) is 0.846. The zero-order chi connectivity index (χ0) is 14.9. The molecule has 0 aliphatic carbocycles. The van der Waals surface area contributed by atoms with Gasteiger partial charge in [-0.2, -0.15) is 0 Å². The fourth-order valence-corrected chi connectivity index (χ4v) is 2.65. The van der Waals surface area contributed by atoms with Crippen LogP contribution in [0.15, 0.2) is 18.3 Å². The Morgan fingerprint density at radius 1 is 1.35 bits per heavy atom. The number of hydrogen-bond acceptors (Lipinski definition) is 2. The molecule has 0 radical (unpaired) electrons. The summed E-state index contributed by atoms with van der Waals surface area (Å²) in [6.07, 6.45) is 1.70. The van der Waals surface area contributed by atoms with Gasteiger partial charge < -0.3 is 9.88 Å². The average molecular weight is 333 g/mol. The van der Waals surface area contributed by atoms with Crippen molar-refractivity contribution in [3.8, 4) is 0 Å². The van der Waals surface area contributed by atoms with E-state index in [1.807, 2.05) is 6.92 Å². The molecule has 0 bridgehead atoms. The predicted molar refractivity (Wildman–Crippen MR) is 82.1 cm³/mol. The normalized spacial score (nSPS) is 10.7. The van der Waals surface area contributed by atoms with Gasteiger partial charge in [-0.05, 0) is 31.5 Å². The Bertz CT molecular complexity index is 644. The van der Waals surface area contributed by atoms with E-state index in [4.69, 9.17) is 34.8 Å². The third-order valence-corrected chi connectivity index (χ3v) is 3.49. The molecule has 2 aromatic rings. The number of aryl methyl sites for hydroxylation is 2. The lowest BCUT2D eigenvalue weighted by molar-refractivity contribution is 0.101. The minimum Gasteiger partial charge on any atom is -0.342 e. The van der Waals surface area contributed by atoms with E-state index in [0.29, 0.717) is 22.9 Å². The summed E-state index contributed by atoms with van der Waals surface area (Å²) in [5.74, 6) is -0.298. The van der Waals surface area contributed by atoms with Crippen molar-refractivity contribution in [2.24, 2.45) is 0 Å². The first-order valence-corrected chi connectivity index (χ1v) is 7.05. The second-order valence-electron chi connectivity index (χ2n) is 4.21. The van der Waals surface area contributed by atoms with Crippen LogP contribution < -0.4 is 5.32 Å². The van der Waals surface area contributed by atoms with Gasteiger partial charge in [0.15, 0.2) is 5.15 Å². The Kier molecular flexibility index (Phi) is 4.58. The lowest BCUT2D eigenvalue weighted by Gasteiger charge is -2.11. The van der Waals surface area contributed by atoms with Crippen LogP contribution in [0.2, 0.25) is 15.3 Å². The highest BCUT2D eigenvalue weighted by molar-refractivity contribution is 6.35. The number of rotatable bonds is 3. The van der Waals surface area contributed by atoms with E-state index in [0.717, 1.165) is 5.56 Å². The Balaban J connectivity index is 2.32.